The van der Waals surface area contributed by atoms with Crippen LogP contribution >= 0.6 is 0 Å². The van der Waals surface area contributed by atoms with E-state index in [2.05, 4.69) is 0 Å². The summed E-state index contributed by atoms with van der Waals surface area (Å²) in [6.07, 6.45) is 8.69. The van der Waals surface area contributed by atoms with Crippen molar-refractivity contribution in [2.75, 3.05) is 13.2 Å². The molecule has 2 N–H and O–H groups in total. The molecule has 0 radical (unpaired) electrons. The minimum Gasteiger partial charge on any atom is -0.378 e. The minimum atomic E-state index is 0.505. The molecule has 1 aliphatic heterocycles. The van der Waals surface area contributed by atoms with E-state index in [9.17, 15) is 0 Å². The first-order valence-corrected chi connectivity index (χ1v) is 5.73. The average Bonchev–Trinajstić information content (AvgIpc) is 2.67. The maximum atomic E-state index is 5.82. The average molecular weight is 183 g/mol. The van der Waals surface area contributed by atoms with Gasteiger partial charge < -0.3 is 10.5 Å². The normalized spacial score (nSPS) is 36.7. The third kappa shape index (κ3) is 2.05. The Bertz CT molecular complexity index is 154. The lowest BCUT2D eigenvalue weighted by Gasteiger charge is -2.30. The van der Waals surface area contributed by atoms with E-state index in [0.29, 0.717) is 12.0 Å². The van der Waals surface area contributed by atoms with Crippen molar-refractivity contribution in [2.45, 2.75) is 44.6 Å². The van der Waals surface area contributed by atoms with Gasteiger partial charge in [0.1, 0.15) is 0 Å². The fraction of sp³-hybridized carbons (Fsp3) is 1.00. The summed E-state index contributed by atoms with van der Waals surface area (Å²) in [5.74, 6) is 1.48. The SMILES string of the molecule is NCC1CCOC1C1CCCCC1. The zero-order valence-electron chi connectivity index (χ0n) is 8.37. The van der Waals surface area contributed by atoms with Crippen molar-refractivity contribution in [3.8, 4) is 0 Å². The highest BCUT2D eigenvalue weighted by atomic mass is 16.5. The van der Waals surface area contributed by atoms with Crippen molar-refractivity contribution in [2.24, 2.45) is 17.6 Å². The second-order valence-electron chi connectivity index (χ2n) is 4.52. The van der Waals surface area contributed by atoms with Crippen LogP contribution in [0.4, 0.5) is 0 Å². The summed E-state index contributed by atoms with van der Waals surface area (Å²) < 4.78 is 5.82. The van der Waals surface area contributed by atoms with E-state index in [4.69, 9.17) is 10.5 Å². The largest absolute Gasteiger partial charge is 0.378 e. The highest BCUT2D eigenvalue weighted by molar-refractivity contribution is 4.84. The molecule has 2 heteroatoms. The number of hydrogen-bond donors (Lipinski definition) is 1. The Labute approximate surface area is 80.8 Å². The molecule has 0 aromatic carbocycles. The molecule has 76 valence electrons. The molecule has 0 bridgehead atoms. The van der Waals surface area contributed by atoms with Crippen LogP contribution < -0.4 is 5.73 Å². The van der Waals surface area contributed by atoms with E-state index in [1.54, 1.807) is 0 Å². The van der Waals surface area contributed by atoms with Crippen LogP contribution in [-0.2, 0) is 4.74 Å². The molecule has 0 aromatic heterocycles. The van der Waals surface area contributed by atoms with Crippen molar-refractivity contribution >= 4 is 0 Å². The van der Waals surface area contributed by atoms with E-state index >= 15 is 0 Å². The molecule has 2 atom stereocenters. The fourth-order valence-electron chi connectivity index (χ4n) is 2.89. The number of ether oxygens (including phenoxy) is 1. The lowest BCUT2D eigenvalue weighted by molar-refractivity contribution is 0.0284. The predicted octanol–water partition coefficient (Wildman–Crippen LogP) is 1.93. The zero-order valence-corrected chi connectivity index (χ0v) is 8.37. The van der Waals surface area contributed by atoms with Gasteiger partial charge in [-0.3, -0.25) is 0 Å². The Morgan fingerprint density at radius 1 is 1.08 bits per heavy atom. The molecule has 0 spiro atoms. The molecule has 2 rings (SSSR count). The van der Waals surface area contributed by atoms with Gasteiger partial charge in [0, 0.05) is 6.61 Å². The van der Waals surface area contributed by atoms with Gasteiger partial charge in [0.05, 0.1) is 6.10 Å². The third-order valence-corrected chi connectivity index (χ3v) is 3.68. The van der Waals surface area contributed by atoms with Gasteiger partial charge in [0.15, 0.2) is 0 Å². The number of hydrogen-bond acceptors (Lipinski definition) is 2. The predicted molar refractivity (Wildman–Crippen MR) is 53.5 cm³/mol. The van der Waals surface area contributed by atoms with Crippen molar-refractivity contribution in [1.29, 1.82) is 0 Å². The van der Waals surface area contributed by atoms with Gasteiger partial charge in [0.2, 0.25) is 0 Å². The highest BCUT2D eigenvalue weighted by Crippen LogP contribution is 2.35. The molecule has 2 aliphatic rings. The van der Waals surface area contributed by atoms with Crippen LogP contribution in [0.2, 0.25) is 0 Å². The first kappa shape index (κ1) is 9.47. The second kappa shape index (κ2) is 4.43. The van der Waals surface area contributed by atoms with E-state index in [1.165, 1.54) is 38.5 Å². The molecule has 1 saturated heterocycles. The molecule has 1 saturated carbocycles. The third-order valence-electron chi connectivity index (χ3n) is 3.68. The molecule has 13 heavy (non-hydrogen) atoms. The molecule has 1 aliphatic carbocycles. The molecule has 1 heterocycles. The maximum absolute atomic E-state index is 5.82. The molecule has 0 amide bonds. The van der Waals surface area contributed by atoms with Crippen LogP contribution in [0.1, 0.15) is 38.5 Å². The smallest absolute Gasteiger partial charge is 0.0644 e. The summed E-state index contributed by atoms with van der Waals surface area (Å²) in [6.45, 7) is 1.77. The van der Waals surface area contributed by atoms with Crippen LogP contribution in [0, 0.1) is 11.8 Å². The van der Waals surface area contributed by atoms with Gasteiger partial charge in [0.25, 0.3) is 0 Å². The lowest BCUT2D eigenvalue weighted by atomic mass is 9.80. The standard InChI is InChI=1S/C11H21NO/c12-8-10-6-7-13-11(10)9-4-2-1-3-5-9/h9-11H,1-8,12H2. The van der Waals surface area contributed by atoms with E-state index in [0.717, 1.165) is 19.1 Å². The van der Waals surface area contributed by atoms with Crippen molar-refractivity contribution in [3.63, 3.8) is 0 Å². The first-order chi connectivity index (χ1) is 6.42. The Hall–Kier alpha value is -0.0800. The van der Waals surface area contributed by atoms with Gasteiger partial charge in [-0.2, -0.15) is 0 Å². The van der Waals surface area contributed by atoms with Crippen molar-refractivity contribution in [1.82, 2.24) is 0 Å². The monoisotopic (exact) mass is 183 g/mol. The molecule has 0 aromatic rings. The second-order valence-corrected chi connectivity index (χ2v) is 4.52. The molecule has 2 nitrogen and oxygen atoms in total. The maximum Gasteiger partial charge on any atom is 0.0644 e. The molecule has 2 fully saturated rings. The summed E-state index contributed by atoms with van der Waals surface area (Å²) in [5, 5.41) is 0. The van der Waals surface area contributed by atoms with Gasteiger partial charge >= 0.3 is 0 Å². The Balaban J connectivity index is 1.90. The topological polar surface area (TPSA) is 35.2 Å². The highest BCUT2D eigenvalue weighted by Gasteiger charge is 2.34. The minimum absolute atomic E-state index is 0.505. The van der Waals surface area contributed by atoms with Gasteiger partial charge in [-0.1, -0.05) is 19.3 Å². The zero-order chi connectivity index (χ0) is 9.10. The molecular weight excluding hydrogens is 162 g/mol. The van der Waals surface area contributed by atoms with Gasteiger partial charge in [-0.15, -0.1) is 0 Å². The lowest BCUT2D eigenvalue weighted by Crippen LogP contribution is -2.32. The Morgan fingerprint density at radius 3 is 2.54 bits per heavy atom. The van der Waals surface area contributed by atoms with Crippen LogP contribution in [0.15, 0.2) is 0 Å². The van der Waals surface area contributed by atoms with Gasteiger partial charge in [-0.25, -0.2) is 0 Å². The summed E-state index contributed by atoms with van der Waals surface area (Å²) in [4.78, 5) is 0. The van der Waals surface area contributed by atoms with Crippen LogP contribution in [0.25, 0.3) is 0 Å². The van der Waals surface area contributed by atoms with Crippen LogP contribution in [0.5, 0.6) is 0 Å². The Morgan fingerprint density at radius 2 is 1.85 bits per heavy atom. The summed E-state index contributed by atoms with van der Waals surface area (Å²) >= 11 is 0. The number of nitrogens with two attached hydrogens (primary N) is 1. The fourth-order valence-corrected chi connectivity index (χ4v) is 2.89. The summed E-state index contributed by atoms with van der Waals surface area (Å²) in [7, 11) is 0. The van der Waals surface area contributed by atoms with Crippen LogP contribution in [0.3, 0.4) is 0 Å². The summed E-state index contributed by atoms with van der Waals surface area (Å²) in [5.41, 5.74) is 5.75. The number of rotatable bonds is 2. The quantitative estimate of drug-likeness (QED) is 0.710. The van der Waals surface area contributed by atoms with E-state index in [-0.39, 0.29) is 0 Å². The Kier molecular flexibility index (Phi) is 3.23. The summed E-state index contributed by atoms with van der Waals surface area (Å²) in [6, 6.07) is 0. The van der Waals surface area contributed by atoms with Gasteiger partial charge in [-0.05, 0) is 37.6 Å². The molecular formula is C11H21NO. The van der Waals surface area contributed by atoms with E-state index in [1.807, 2.05) is 0 Å². The molecule has 2 unspecified atom stereocenters. The first-order valence-electron chi connectivity index (χ1n) is 5.73. The van der Waals surface area contributed by atoms with E-state index < -0.39 is 0 Å². The van der Waals surface area contributed by atoms with Crippen LogP contribution in [-0.4, -0.2) is 19.3 Å². The van der Waals surface area contributed by atoms with Crippen molar-refractivity contribution < 1.29 is 4.74 Å². The van der Waals surface area contributed by atoms with Crippen molar-refractivity contribution in [3.05, 3.63) is 0 Å².